The first-order valence-corrected chi connectivity index (χ1v) is 11.4. The van der Waals surface area contributed by atoms with Crippen molar-refractivity contribution in [2.75, 3.05) is 11.9 Å². The number of hydrogen-bond donors (Lipinski definition) is 2. The number of nitrogens with one attached hydrogen (secondary N) is 1. The molecule has 4 rings (SSSR count). The number of fused-ring (bicyclic) bond motifs is 1. The van der Waals surface area contributed by atoms with Crippen molar-refractivity contribution in [3.8, 4) is 11.4 Å². The highest BCUT2D eigenvalue weighted by Crippen LogP contribution is 2.30. The molecule has 0 fully saturated rings. The summed E-state index contributed by atoms with van der Waals surface area (Å²) in [6.07, 6.45) is 0.638. The third-order valence-electron chi connectivity index (χ3n) is 4.38. The number of nitrogens with zero attached hydrogens (tertiary/aromatic N) is 2. The normalized spacial score (nSPS) is 10.6. The van der Waals surface area contributed by atoms with E-state index in [9.17, 15) is 0 Å². The van der Waals surface area contributed by atoms with Gasteiger partial charge in [-0.1, -0.05) is 67.4 Å². The molecule has 0 unspecified atom stereocenters. The van der Waals surface area contributed by atoms with Crippen LogP contribution >= 0.6 is 34.5 Å². The van der Waals surface area contributed by atoms with E-state index in [1.807, 2.05) is 61.7 Å². The van der Waals surface area contributed by atoms with E-state index < -0.39 is 0 Å². The van der Waals surface area contributed by atoms with Crippen LogP contribution in [0.2, 0.25) is 10.0 Å². The molecule has 7 heteroatoms. The average Bonchev–Trinajstić information content (AvgIpc) is 3.24. The van der Waals surface area contributed by atoms with Gasteiger partial charge in [0.1, 0.15) is 5.82 Å². The van der Waals surface area contributed by atoms with Crippen LogP contribution in [-0.2, 0) is 13.0 Å². The monoisotopic (exact) mass is 459 g/mol. The molecule has 4 nitrogen and oxygen atoms in total. The molecular weight excluding hydrogens is 437 g/mol. The third-order valence-corrected chi connectivity index (χ3v) is 5.87. The van der Waals surface area contributed by atoms with E-state index in [1.165, 1.54) is 0 Å². The quantitative estimate of drug-likeness (QED) is 0.331. The number of hydrogen-bond acceptors (Lipinski definition) is 5. The van der Waals surface area contributed by atoms with Crippen LogP contribution in [0.4, 0.5) is 5.82 Å². The number of aliphatic hydroxyl groups excluding tert-OH is 1. The molecule has 2 aromatic carbocycles. The van der Waals surface area contributed by atoms with Crippen molar-refractivity contribution in [1.82, 2.24) is 9.97 Å². The van der Waals surface area contributed by atoms with E-state index in [0.29, 0.717) is 28.8 Å². The predicted octanol–water partition coefficient (Wildman–Crippen LogP) is 6.84. The van der Waals surface area contributed by atoms with Crippen LogP contribution in [0.25, 0.3) is 21.6 Å². The third kappa shape index (κ3) is 5.29. The SMILES string of the molecule is CC.OCCc1ccc(-c2nc(NCc3ccc(Cl)cc3Cl)c3sccc3n2)cc1. The van der Waals surface area contributed by atoms with Crippen LogP contribution < -0.4 is 5.32 Å². The predicted molar refractivity (Wildman–Crippen MR) is 129 cm³/mol. The summed E-state index contributed by atoms with van der Waals surface area (Å²) in [7, 11) is 0. The fourth-order valence-electron chi connectivity index (χ4n) is 2.91. The Hall–Kier alpha value is -2.18. The van der Waals surface area contributed by atoms with E-state index >= 15 is 0 Å². The lowest BCUT2D eigenvalue weighted by Crippen LogP contribution is -2.04. The largest absolute Gasteiger partial charge is 0.396 e. The zero-order valence-electron chi connectivity index (χ0n) is 16.8. The van der Waals surface area contributed by atoms with Crippen molar-refractivity contribution in [1.29, 1.82) is 0 Å². The number of halogens is 2. The molecule has 156 valence electrons. The molecule has 0 saturated heterocycles. The zero-order valence-corrected chi connectivity index (χ0v) is 19.2. The Morgan fingerprint density at radius 3 is 2.47 bits per heavy atom. The van der Waals surface area contributed by atoms with Gasteiger partial charge in [-0.05, 0) is 41.1 Å². The topological polar surface area (TPSA) is 58.0 Å². The van der Waals surface area contributed by atoms with Gasteiger partial charge in [-0.15, -0.1) is 11.3 Å². The minimum Gasteiger partial charge on any atom is -0.396 e. The first kappa shape index (κ1) is 22.5. The summed E-state index contributed by atoms with van der Waals surface area (Å²) in [4.78, 5) is 9.44. The summed E-state index contributed by atoms with van der Waals surface area (Å²) >= 11 is 13.9. The fourth-order valence-corrected chi connectivity index (χ4v) is 4.18. The maximum atomic E-state index is 9.08. The molecule has 0 amide bonds. The second-order valence-corrected chi connectivity index (χ2v) is 8.05. The second-order valence-electron chi connectivity index (χ2n) is 6.29. The summed E-state index contributed by atoms with van der Waals surface area (Å²) in [6, 6.07) is 15.4. The molecule has 0 aliphatic rings. The van der Waals surface area contributed by atoms with Crippen molar-refractivity contribution in [2.24, 2.45) is 0 Å². The fraction of sp³-hybridized carbons (Fsp3) is 0.217. The van der Waals surface area contributed by atoms with Gasteiger partial charge in [-0.2, -0.15) is 0 Å². The number of aliphatic hydroxyl groups is 1. The highest BCUT2D eigenvalue weighted by molar-refractivity contribution is 7.17. The molecule has 0 aliphatic heterocycles. The van der Waals surface area contributed by atoms with Crippen LogP contribution in [0.15, 0.2) is 53.9 Å². The maximum absolute atomic E-state index is 9.08. The number of benzene rings is 2. The van der Waals surface area contributed by atoms with Gasteiger partial charge in [0.2, 0.25) is 0 Å². The van der Waals surface area contributed by atoms with Gasteiger partial charge in [0.05, 0.1) is 10.2 Å². The lowest BCUT2D eigenvalue weighted by Gasteiger charge is -2.10. The summed E-state index contributed by atoms with van der Waals surface area (Å²) < 4.78 is 1.01. The van der Waals surface area contributed by atoms with Gasteiger partial charge in [0, 0.05) is 28.8 Å². The van der Waals surface area contributed by atoms with E-state index in [-0.39, 0.29) is 6.61 Å². The average molecular weight is 460 g/mol. The molecule has 2 heterocycles. The molecule has 0 radical (unpaired) electrons. The van der Waals surface area contributed by atoms with Crippen LogP contribution in [-0.4, -0.2) is 21.7 Å². The summed E-state index contributed by atoms with van der Waals surface area (Å²) in [5.41, 5.74) is 3.87. The van der Waals surface area contributed by atoms with Gasteiger partial charge in [0.25, 0.3) is 0 Å². The summed E-state index contributed by atoms with van der Waals surface area (Å²) in [6.45, 7) is 4.67. The Morgan fingerprint density at radius 2 is 1.77 bits per heavy atom. The van der Waals surface area contributed by atoms with E-state index in [0.717, 1.165) is 32.7 Å². The molecular formula is C23H23Cl2N3OS. The first-order chi connectivity index (χ1) is 14.6. The van der Waals surface area contributed by atoms with E-state index in [2.05, 4.69) is 5.32 Å². The molecule has 2 N–H and O–H groups in total. The Kier molecular flexibility index (Phi) is 8.05. The highest BCUT2D eigenvalue weighted by atomic mass is 35.5. The first-order valence-electron chi connectivity index (χ1n) is 9.77. The van der Waals surface area contributed by atoms with E-state index in [4.69, 9.17) is 38.3 Å². The Bertz CT molecular complexity index is 1110. The maximum Gasteiger partial charge on any atom is 0.162 e. The van der Waals surface area contributed by atoms with Crippen molar-refractivity contribution in [3.63, 3.8) is 0 Å². The van der Waals surface area contributed by atoms with Crippen molar-refractivity contribution < 1.29 is 5.11 Å². The molecule has 0 aliphatic carbocycles. The summed E-state index contributed by atoms with van der Waals surface area (Å²) in [5, 5.41) is 15.7. The highest BCUT2D eigenvalue weighted by Gasteiger charge is 2.11. The Labute approximate surface area is 190 Å². The van der Waals surface area contributed by atoms with Gasteiger partial charge in [-0.3, -0.25) is 0 Å². The van der Waals surface area contributed by atoms with Crippen molar-refractivity contribution in [3.05, 3.63) is 75.1 Å². The molecule has 2 aromatic heterocycles. The smallest absolute Gasteiger partial charge is 0.162 e. The molecule has 0 bridgehead atoms. The van der Waals surface area contributed by atoms with Crippen molar-refractivity contribution >= 4 is 50.6 Å². The van der Waals surface area contributed by atoms with Crippen LogP contribution in [0.3, 0.4) is 0 Å². The molecule has 0 atom stereocenters. The van der Waals surface area contributed by atoms with Crippen LogP contribution in [0, 0.1) is 0 Å². The second kappa shape index (κ2) is 10.7. The molecule has 0 spiro atoms. The van der Waals surface area contributed by atoms with Gasteiger partial charge in [-0.25, -0.2) is 9.97 Å². The lowest BCUT2D eigenvalue weighted by atomic mass is 10.1. The molecule has 30 heavy (non-hydrogen) atoms. The minimum atomic E-state index is 0.137. The number of aromatic nitrogens is 2. The Morgan fingerprint density at radius 1 is 1.00 bits per heavy atom. The van der Waals surface area contributed by atoms with E-state index in [1.54, 1.807) is 17.4 Å². The number of thiophene rings is 1. The van der Waals surface area contributed by atoms with Crippen molar-refractivity contribution in [2.45, 2.75) is 26.8 Å². The lowest BCUT2D eigenvalue weighted by molar-refractivity contribution is 0.299. The molecule has 0 saturated carbocycles. The minimum absolute atomic E-state index is 0.137. The summed E-state index contributed by atoms with van der Waals surface area (Å²) in [5.74, 6) is 1.44. The Balaban J connectivity index is 0.00000124. The van der Waals surface area contributed by atoms with Crippen LogP contribution in [0.1, 0.15) is 25.0 Å². The number of anilines is 1. The molecule has 4 aromatic rings. The number of rotatable bonds is 6. The zero-order chi connectivity index (χ0) is 21.5. The van der Waals surface area contributed by atoms with Gasteiger partial charge >= 0.3 is 0 Å². The standard InChI is InChI=1S/C21H17Cl2N3OS.C2H6/c22-16-6-5-15(17(23)11-16)12-24-21-19-18(8-10-28-19)25-20(26-21)14-3-1-13(2-4-14)7-9-27;1-2/h1-6,8,10-11,27H,7,9,12H2,(H,24,25,26);1-2H3. The van der Waals surface area contributed by atoms with Crippen LogP contribution in [0.5, 0.6) is 0 Å². The van der Waals surface area contributed by atoms with Gasteiger partial charge in [0.15, 0.2) is 5.82 Å². The van der Waals surface area contributed by atoms with Gasteiger partial charge < -0.3 is 10.4 Å².